The van der Waals surface area contributed by atoms with Gasteiger partial charge >= 0.3 is 26.4 Å². The molecule has 578 valence electrons. The highest BCUT2D eigenvalue weighted by Crippen LogP contribution is 2.77. The van der Waals surface area contributed by atoms with Crippen molar-refractivity contribution in [3.8, 4) is 0 Å². The summed E-state index contributed by atoms with van der Waals surface area (Å²) < 4.78 is 63.6. The zero-order valence-corrected chi connectivity index (χ0v) is 78.2. The van der Waals surface area contributed by atoms with E-state index in [-0.39, 0.29) is 29.4 Å². The van der Waals surface area contributed by atoms with Crippen LogP contribution in [-0.4, -0.2) is 99.0 Å². The highest BCUT2D eigenvalue weighted by molar-refractivity contribution is 9.30. The zero-order chi connectivity index (χ0) is 72.3. The van der Waals surface area contributed by atoms with Crippen LogP contribution in [0.5, 0.6) is 0 Å². The van der Waals surface area contributed by atoms with Gasteiger partial charge in [0.1, 0.15) is 13.1 Å². The Bertz CT molecular complexity index is 2300. The highest BCUT2D eigenvalue weighted by atomic mass is 33.7. The van der Waals surface area contributed by atoms with Gasteiger partial charge in [-0.2, -0.15) is 0 Å². The van der Waals surface area contributed by atoms with Crippen LogP contribution < -0.4 is 0 Å². The molecule has 12 unspecified atom stereocenters. The van der Waals surface area contributed by atoms with Gasteiger partial charge in [-0.05, 0) is 346 Å². The summed E-state index contributed by atoms with van der Waals surface area (Å²) in [5.41, 5.74) is 3.13. The monoisotopic (exact) mass is 1650 g/mol. The van der Waals surface area contributed by atoms with Gasteiger partial charge < -0.3 is 39.8 Å². The largest absolute Gasteiger partial charge is 0.519 e. The van der Waals surface area contributed by atoms with Gasteiger partial charge in [0.25, 0.3) is 0 Å². The van der Waals surface area contributed by atoms with Crippen LogP contribution in [0.2, 0.25) is 0 Å². The van der Waals surface area contributed by atoms with Crippen LogP contribution >= 0.6 is 124 Å². The second-order valence-electron chi connectivity index (χ2n) is 30.5. The smallest absolute Gasteiger partial charge is 0.373 e. The second-order valence-corrected chi connectivity index (χ2v) is 58.3. The average molecular weight is 1650 g/mol. The van der Waals surface area contributed by atoms with Crippen LogP contribution in [0.15, 0.2) is 32.4 Å². The molecule has 0 spiro atoms. The molecule has 12 atom stereocenters. The summed E-state index contributed by atoms with van der Waals surface area (Å²) in [6, 6.07) is 0. The van der Waals surface area contributed by atoms with Gasteiger partial charge in [0.2, 0.25) is 0 Å². The number of unbranched alkanes of at least 4 members (excludes halogenated alkanes) is 1. The fourth-order valence-electron chi connectivity index (χ4n) is 19.0. The molecule has 0 amide bonds. The number of hydrogen-bond donors (Lipinski definition) is 0. The summed E-state index contributed by atoms with van der Waals surface area (Å²) >= 11 is 0. The van der Waals surface area contributed by atoms with Crippen LogP contribution in [0.3, 0.4) is 0 Å². The normalized spacial score (nSPS) is 28.7. The molecule has 6 aliphatic carbocycles. The van der Waals surface area contributed by atoms with Crippen LogP contribution in [-0.2, 0) is 39.8 Å². The van der Waals surface area contributed by atoms with Gasteiger partial charge in [-0.3, -0.25) is 0 Å². The Hall–Kier alpha value is 3.71. The molecule has 0 aromatic heterocycles. The highest BCUT2D eigenvalue weighted by Gasteiger charge is 2.78. The Morgan fingerprint density at radius 1 is 0.374 bits per heavy atom. The molecule has 0 aromatic rings. The molecule has 6 rings (SSSR count). The van der Waals surface area contributed by atoms with E-state index in [9.17, 15) is 0 Å². The number of fused-ring (bicyclic) bond motifs is 6. The van der Waals surface area contributed by atoms with Crippen molar-refractivity contribution in [2.45, 2.75) is 324 Å². The Morgan fingerprint density at radius 2 is 0.677 bits per heavy atom. The van der Waals surface area contributed by atoms with Gasteiger partial charge in [0, 0.05) is 64.4 Å². The van der Waals surface area contributed by atoms with E-state index in [2.05, 4.69) is 176 Å². The molecule has 0 aliphatic heterocycles. The summed E-state index contributed by atoms with van der Waals surface area (Å²) in [7, 11) is 14.1. The van der Waals surface area contributed by atoms with E-state index in [1.807, 2.05) is 91.3 Å². The third kappa shape index (κ3) is 22.3. The van der Waals surface area contributed by atoms with E-state index >= 15 is 0 Å². The van der Waals surface area contributed by atoms with Crippen molar-refractivity contribution in [1.82, 2.24) is 0 Å². The predicted molar refractivity (Wildman–Crippen MR) is 462 cm³/mol. The van der Waals surface area contributed by atoms with Crippen LogP contribution in [0.1, 0.15) is 311 Å². The molecule has 0 aromatic carbocycles. The van der Waals surface area contributed by atoms with E-state index in [4.69, 9.17) is 39.8 Å². The SMILES string of the molecule is CCO[Si](OCC)(OCC)C1(SSSSC(=CC=C(C)CCCC(C)CCCCC(C)CCCC(C)CCCC(C)C)C(C)=C(SSSSC2([Si](OCC)(OCC)OCC)CC3CCC2(CC)C3)SSSSC2([Si](OCC)(OCC)OCC)CC3CCC2(CC)C3)CC2CCC1(CC)C2. The first-order valence-corrected chi connectivity index (χ1v) is 59.2. The molecular formula is C75H140O9S12Si3. The van der Waals surface area contributed by atoms with Crippen molar-refractivity contribution >= 4 is 150 Å². The zero-order valence-electron chi connectivity index (χ0n) is 65.4. The van der Waals surface area contributed by atoms with E-state index in [0.29, 0.717) is 77.2 Å². The maximum absolute atomic E-state index is 7.00. The number of rotatable bonds is 58. The third-order valence-corrected chi connectivity index (χ3v) is 61.0. The first kappa shape index (κ1) is 91.6. The maximum atomic E-state index is 7.00. The summed E-state index contributed by atoms with van der Waals surface area (Å²) in [6.07, 6.45) is 40.3. The minimum atomic E-state index is -3.19. The van der Waals surface area contributed by atoms with Crippen LogP contribution in [0.4, 0.5) is 0 Å². The predicted octanol–water partition coefficient (Wildman–Crippen LogP) is 28.5. The topological polar surface area (TPSA) is 83.1 Å². The lowest BCUT2D eigenvalue weighted by atomic mass is 9.80. The van der Waals surface area contributed by atoms with Crippen molar-refractivity contribution in [3.05, 3.63) is 32.4 Å². The fourth-order valence-corrected chi connectivity index (χ4v) is 61.6. The molecule has 6 saturated carbocycles. The van der Waals surface area contributed by atoms with Gasteiger partial charge in [-0.15, -0.1) is 0 Å². The Morgan fingerprint density at radius 3 is 0.980 bits per heavy atom. The average Bonchev–Trinajstić information content (AvgIpc) is 1.58. The number of hydrogen-bond acceptors (Lipinski definition) is 21. The summed E-state index contributed by atoms with van der Waals surface area (Å²) in [5, 5.41) is 0. The molecule has 0 heterocycles. The Balaban J connectivity index is 1.31. The Labute approximate surface area is 657 Å². The van der Waals surface area contributed by atoms with Gasteiger partial charge in [0.05, 0.1) is 4.24 Å². The van der Waals surface area contributed by atoms with Crippen molar-refractivity contribution < 1.29 is 39.8 Å². The standard InChI is InChI=1S/C75H140O9S12Si3/c1-20-70-50-47-65(53-70)56-73(70,97(76-23-4,77-24-5)78-25-6)88-94-91-85-68(46-45-63(18)44-36-42-61(16)39-33-32-38-60(15)41-35-43-62(17)40-34-37-59(13)14)64(19)69(86-92-95-89-74(57-66-48-51-71(74,21-2)54-66)98(79-26-7,80-27-8)81-28-9)87-93-96-90-75(58-67-49-52-72(75,22-3)55-67)99(82-29-10,83-30-11)84-31-12/h45-46,59-62,65-67H,20-44,47-58H2,1-19H3. The van der Waals surface area contributed by atoms with E-state index < -0.39 is 26.4 Å². The van der Waals surface area contributed by atoms with Gasteiger partial charge in [-0.25, -0.2) is 0 Å². The molecule has 0 radical (unpaired) electrons. The maximum Gasteiger partial charge on any atom is 0.519 e. The van der Waals surface area contributed by atoms with Crippen molar-refractivity contribution in [1.29, 1.82) is 0 Å². The molecule has 6 aliphatic rings. The van der Waals surface area contributed by atoms with Crippen molar-refractivity contribution in [2.75, 3.05) is 59.5 Å². The van der Waals surface area contributed by atoms with Crippen molar-refractivity contribution in [2.24, 2.45) is 57.7 Å². The first-order valence-electron chi connectivity index (χ1n) is 39.6. The van der Waals surface area contributed by atoms with Crippen LogP contribution in [0.25, 0.3) is 0 Å². The molecule has 6 fully saturated rings. The van der Waals surface area contributed by atoms with Gasteiger partial charge in [0.15, 0.2) is 0 Å². The summed E-state index contributed by atoms with van der Waals surface area (Å²) in [5.74, 6) is 5.32. The molecule has 24 heteroatoms. The van der Waals surface area contributed by atoms with Gasteiger partial charge in [-0.1, -0.05) is 170 Å². The Kier molecular flexibility index (Phi) is 42.0. The summed E-state index contributed by atoms with van der Waals surface area (Å²) in [6.45, 7) is 48.8. The van der Waals surface area contributed by atoms with E-state index in [1.165, 1.54) is 155 Å². The van der Waals surface area contributed by atoms with Crippen molar-refractivity contribution in [3.63, 3.8) is 0 Å². The molecular weight excluding hydrogens is 1510 g/mol. The quantitative estimate of drug-likeness (QED) is 0.0250. The molecule has 99 heavy (non-hydrogen) atoms. The first-order chi connectivity index (χ1) is 47.7. The third-order valence-electron chi connectivity index (χ3n) is 23.9. The molecule has 6 bridgehead atoms. The minimum absolute atomic E-state index is 0.114. The lowest BCUT2D eigenvalue weighted by Gasteiger charge is -2.52. The fraction of sp³-hybridized carbons (Fsp3) is 0.920. The second kappa shape index (κ2) is 45.4. The minimum Gasteiger partial charge on any atom is -0.373 e. The van der Waals surface area contributed by atoms with E-state index in [1.54, 1.807) is 0 Å². The number of allylic oxidation sites excluding steroid dienone is 4. The lowest BCUT2D eigenvalue weighted by Crippen LogP contribution is -2.68. The molecule has 0 N–H and O–H groups in total. The van der Waals surface area contributed by atoms with Crippen LogP contribution in [0, 0.1) is 57.7 Å². The van der Waals surface area contributed by atoms with E-state index in [0.717, 1.165) is 68.6 Å². The molecule has 9 nitrogen and oxygen atoms in total. The molecule has 0 saturated heterocycles. The summed E-state index contributed by atoms with van der Waals surface area (Å²) in [4.78, 5) is 1.31. The lowest BCUT2D eigenvalue weighted by molar-refractivity contribution is 0.0347.